The number of carbonyl (C=O) groups excluding carboxylic acids is 1. The molecule has 1 amide bonds. The van der Waals surface area contributed by atoms with Gasteiger partial charge in [-0.3, -0.25) is 9.69 Å². The van der Waals surface area contributed by atoms with Gasteiger partial charge in [0.15, 0.2) is 0 Å². The Kier molecular flexibility index (Phi) is 4.95. The standard InChI is InChI=1S/C13H23N3O/c1-9(2)16(8-13(15)17)12-6-10(3)4-5-11(12)7-14/h9-12H,4-6,8H2,1-3H3,(H2,15,17). The average molecular weight is 237 g/mol. The van der Waals surface area contributed by atoms with Gasteiger partial charge in [0.2, 0.25) is 5.91 Å². The van der Waals surface area contributed by atoms with Gasteiger partial charge in [-0.2, -0.15) is 5.26 Å². The van der Waals surface area contributed by atoms with Crippen molar-refractivity contribution in [3.05, 3.63) is 0 Å². The van der Waals surface area contributed by atoms with Gasteiger partial charge >= 0.3 is 0 Å². The summed E-state index contributed by atoms with van der Waals surface area (Å²) >= 11 is 0. The lowest BCUT2D eigenvalue weighted by Crippen LogP contribution is -2.50. The highest BCUT2D eigenvalue weighted by Crippen LogP contribution is 2.32. The summed E-state index contributed by atoms with van der Waals surface area (Å²) in [6.45, 7) is 6.57. The summed E-state index contributed by atoms with van der Waals surface area (Å²) in [6, 6.07) is 2.81. The van der Waals surface area contributed by atoms with Gasteiger partial charge in [-0.15, -0.1) is 0 Å². The summed E-state index contributed by atoms with van der Waals surface area (Å²) < 4.78 is 0. The Morgan fingerprint density at radius 2 is 2.18 bits per heavy atom. The van der Waals surface area contributed by atoms with Crippen LogP contribution in [0.25, 0.3) is 0 Å². The van der Waals surface area contributed by atoms with Crippen LogP contribution >= 0.6 is 0 Å². The molecular weight excluding hydrogens is 214 g/mol. The minimum atomic E-state index is -0.311. The van der Waals surface area contributed by atoms with Crippen LogP contribution in [0.4, 0.5) is 0 Å². The summed E-state index contributed by atoms with van der Waals surface area (Å²) in [7, 11) is 0. The van der Waals surface area contributed by atoms with Crippen LogP contribution in [0.5, 0.6) is 0 Å². The number of hydrogen-bond acceptors (Lipinski definition) is 3. The maximum atomic E-state index is 11.1. The van der Waals surface area contributed by atoms with E-state index in [-0.39, 0.29) is 30.5 Å². The molecule has 1 rings (SSSR count). The van der Waals surface area contributed by atoms with E-state index in [0.29, 0.717) is 5.92 Å². The Morgan fingerprint density at radius 1 is 1.53 bits per heavy atom. The van der Waals surface area contributed by atoms with Crippen LogP contribution in [0, 0.1) is 23.2 Å². The quantitative estimate of drug-likeness (QED) is 0.805. The third kappa shape index (κ3) is 3.71. The Bertz CT molecular complexity index is 308. The number of primary amides is 1. The molecule has 2 N–H and O–H groups in total. The van der Waals surface area contributed by atoms with Crippen LogP contribution in [0.3, 0.4) is 0 Å². The summed E-state index contributed by atoms with van der Waals surface area (Å²) in [5.74, 6) is 0.347. The van der Waals surface area contributed by atoms with E-state index >= 15 is 0 Å². The number of rotatable bonds is 4. The number of hydrogen-bond donors (Lipinski definition) is 1. The molecule has 0 aromatic carbocycles. The Labute approximate surface area is 104 Å². The van der Waals surface area contributed by atoms with E-state index in [1.54, 1.807) is 0 Å². The highest BCUT2D eigenvalue weighted by atomic mass is 16.1. The highest BCUT2D eigenvalue weighted by Gasteiger charge is 2.34. The number of nitrogens with zero attached hydrogens (tertiary/aromatic N) is 2. The van der Waals surface area contributed by atoms with Crippen LogP contribution in [0.2, 0.25) is 0 Å². The SMILES string of the molecule is CC1CCC(C#N)C(N(CC(N)=O)C(C)C)C1. The maximum absolute atomic E-state index is 11.1. The van der Waals surface area contributed by atoms with Crippen LogP contribution in [-0.2, 0) is 4.79 Å². The van der Waals surface area contributed by atoms with Crippen molar-refractivity contribution in [1.82, 2.24) is 4.90 Å². The van der Waals surface area contributed by atoms with E-state index in [1.165, 1.54) is 0 Å². The number of nitrogens with two attached hydrogens (primary N) is 1. The smallest absolute Gasteiger partial charge is 0.231 e. The van der Waals surface area contributed by atoms with E-state index in [4.69, 9.17) is 5.73 Å². The van der Waals surface area contributed by atoms with E-state index in [9.17, 15) is 10.1 Å². The Hall–Kier alpha value is -1.08. The van der Waals surface area contributed by atoms with Crippen molar-refractivity contribution in [3.8, 4) is 6.07 Å². The molecule has 3 unspecified atom stereocenters. The first kappa shape index (κ1) is 14.0. The zero-order valence-electron chi connectivity index (χ0n) is 11.0. The van der Waals surface area contributed by atoms with Crippen LogP contribution in [-0.4, -0.2) is 29.4 Å². The van der Waals surface area contributed by atoms with Crippen molar-refractivity contribution in [2.75, 3.05) is 6.54 Å². The van der Waals surface area contributed by atoms with E-state index in [1.807, 2.05) is 0 Å². The van der Waals surface area contributed by atoms with Gasteiger partial charge in [-0.05, 0) is 39.0 Å². The lowest BCUT2D eigenvalue weighted by Gasteiger charge is -2.41. The average Bonchev–Trinajstić information content (AvgIpc) is 2.25. The Balaban J connectivity index is 2.82. The number of nitriles is 1. The molecule has 1 saturated carbocycles. The number of carbonyl (C=O) groups is 1. The monoisotopic (exact) mass is 237 g/mol. The molecule has 0 radical (unpaired) electrons. The second-order valence-electron chi connectivity index (χ2n) is 5.45. The summed E-state index contributed by atoms with van der Waals surface area (Å²) in [5.41, 5.74) is 5.30. The molecule has 1 aliphatic carbocycles. The molecule has 0 aliphatic heterocycles. The summed E-state index contributed by atoms with van der Waals surface area (Å²) in [5, 5.41) is 9.22. The van der Waals surface area contributed by atoms with Gasteiger partial charge in [0.1, 0.15) is 0 Å². The Morgan fingerprint density at radius 3 is 2.65 bits per heavy atom. The second kappa shape index (κ2) is 6.02. The largest absolute Gasteiger partial charge is 0.369 e. The van der Waals surface area contributed by atoms with Gasteiger partial charge in [0.05, 0.1) is 18.5 Å². The van der Waals surface area contributed by atoms with Gasteiger partial charge in [0, 0.05) is 12.1 Å². The summed E-state index contributed by atoms with van der Waals surface area (Å²) in [6.07, 6.45) is 3.03. The van der Waals surface area contributed by atoms with E-state index < -0.39 is 0 Å². The van der Waals surface area contributed by atoms with Crippen LogP contribution in [0.1, 0.15) is 40.0 Å². The third-order valence-electron chi connectivity index (χ3n) is 3.67. The maximum Gasteiger partial charge on any atom is 0.231 e. The highest BCUT2D eigenvalue weighted by molar-refractivity contribution is 5.76. The lowest BCUT2D eigenvalue weighted by atomic mass is 9.78. The molecule has 0 bridgehead atoms. The predicted molar refractivity (Wildman–Crippen MR) is 66.9 cm³/mol. The topological polar surface area (TPSA) is 70.1 Å². The van der Waals surface area contributed by atoms with E-state index in [0.717, 1.165) is 19.3 Å². The molecule has 4 nitrogen and oxygen atoms in total. The molecule has 17 heavy (non-hydrogen) atoms. The first-order valence-electron chi connectivity index (χ1n) is 6.39. The van der Waals surface area contributed by atoms with Gasteiger partial charge in [0.25, 0.3) is 0 Å². The predicted octanol–water partition coefficient (Wildman–Crippen LogP) is 1.51. The normalized spacial score (nSPS) is 29.3. The molecule has 96 valence electrons. The van der Waals surface area contributed by atoms with E-state index in [2.05, 4.69) is 31.7 Å². The molecule has 0 aromatic rings. The molecule has 0 spiro atoms. The molecular formula is C13H23N3O. The molecule has 3 atom stereocenters. The van der Waals surface area contributed by atoms with Crippen molar-refractivity contribution >= 4 is 5.91 Å². The molecule has 1 fully saturated rings. The zero-order valence-corrected chi connectivity index (χ0v) is 11.0. The first-order chi connectivity index (χ1) is 7.95. The fraction of sp³-hybridized carbons (Fsp3) is 0.846. The zero-order chi connectivity index (χ0) is 13.0. The van der Waals surface area contributed by atoms with Gasteiger partial charge in [-0.25, -0.2) is 0 Å². The van der Waals surface area contributed by atoms with Crippen molar-refractivity contribution in [1.29, 1.82) is 5.26 Å². The molecule has 4 heteroatoms. The van der Waals surface area contributed by atoms with Crippen molar-refractivity contribution < 1.29 is 4.79 Å². The van der Waals surface area contributed by atoms with Gasteiger partial charge in [-0.1, -0.05) is 6.92 Å². The van der Waals surface area contributed by atoms with Crippen LogP contribution < -0.4 is 5.73 Å². The lowest BCUT2D eigenvalue weighted by molar-refractivity contribution is -0.120. The fourth-order valence-corrected chi connectivity index (χ4v) is 2.73. The molecule has 1 aliphatic rings. The number of amides is 1. The van der Waals surface area contributed by atoms with Crippen molar-refractivity contribution in [2.24, 2.45) is 17.6 Å². The second-order valence-corrected chi connectivity index (χ2v) is 5.45. The molecule has 0 heterocycles. The van der Waals surface area contributed by atoms with Crippen molar-refractivity contribution in [2.45, 2.75) is 52.1 Å². The molecule has 0 aromatic heterocycles. The minimum Gasteiger partial charge on any atom is -0.369 e. The van der Waals surface area contributed by atoms with Crippen molar-refractivity contribution in [3.63, 3.8) is 0 Å². The fourth-order valence-electron chi connectivity index (χ4n) is 2.73. The minimum absolute atomic E-state index is 0.0351. The first-order valence-corrected chi connectivity index (χ1v) is 6.39. The van der Waals surface area contributed by atoms with Gasteiger partial charge < -0.3 is 5.73 Å². The van der Waals surface area contributed by atoms with Crippen LogP contribution in [0.15, 0.2) is 0 Å². The molecule has 0 saturated heterocycles. The third-order valence-corrected chi connectivity index (χ3v) is 3.67. The summed E-state index contributed by atoms with van der Waals surface area (Å²) in [4.78, 5) is 13.2.